The van der Waals surface area contributed by atoms with Crippen molar-refractivity contribution >= 4 is 22.7 Å². The predicted molar refractivity (Wildman–Crippen MR) is 145 cm³/mol. The Hall–Kier alpha value is -3.57. The first-order chi connectivity index (χ1) is 17.5. The lowest BCUT2D eigenvalue weighted by Crippen LogP contribution is -2.48. The number of phenolic OH excluding ortho intramolecular Hbond substituents is 1. The van der Waals surface area contributed by atoms with Gasteiger partial charge in [-0.15, -0.1) is 0 Å². The van der Waals surface area contributed by atoms with E-state index in [-0.39, 0.29) is 5.91 Å². The first-order valence-corrected chi connectivity index (χ1v) is 13.0. The quantitative estimate of drug-likeness (QED) is 0.549. The minimum atomic E-state index is 0.0112. The zero-order valence-electron chi connectivity index (χ0n) is 21.1. The van der Waals surface area contributed by atoms with Crippen molar-refractivity contribution in [3.05, 3.63) is 94.0 Å². The molecule has 3 aromatic carbocycles. The fraction of sp³-hybridized carbons (Fsp3) is 0.323. The van der Waals surface area contributed by atoms with Crippen molar-refractivity contribution in [3.8, 4) is 5.75 Å². The van der Waals surface area contributed by atoms with Gasteiger partial charge in [-0.1, -0.05) is 30.3 Å². The Bertz CT molecular complexity index is 1350. The van der Waals surface area contributed by atoms with Crippen LogP contribution in [0.3, 0.4) is 0 Å². The van der Waals surface area contributed by atoms with E-state index in [1.54, 1.807) is 6.07 Å². The lowest BCUT2D eigenvalue weighted by atomic mass is 9.79. The summed E-state index contributed by atoms with van der Waals surface area (Å²) in [5.41, 5.74) is 10.2. The summed E-state index contributed by atoms with van der Waals surface area (Å²) in [7, 11) is 0. The van der Waals surface area contributed by atoms with E-state index in [1.165, 1.54) is 28.0 Å². The molecule has 2 heterocycles. The van der Waals surface area contributed by atoms with Gasteiger partial charge in [-0.3, -0.25) is 9.69 Å². The predicted octanol–water partition coefficient (Wildman–Crippen LogP) is 5.07. The van der Waals surface area contributed by atoms with E-state index < -0.39 is 0 Å². The summed E-state index contributed by atoms with van der Waals surface area (Å²) in [4.78, 5) is 17.4. The maximum absolute atomic E-state index is 12.4. The van der Waals surface area contributed by atoms with Crippen molar-refractivity contribution in [2.24, 2.45) is 0 Å². The zero-order chi connectivity index (χ0) is 24.8. The van der Waals surface area contributed by atoms with Crippen molar-refractivity contribution < 1.29 is 9.90 Å². The summed E-state index contributed by atoms with van der Waals surface area (Å²) in [5.74, 6) is 0.318. The molecular formula is C31H33N3O2. The number of aryl methyl sites for hydroxylation is 1. The molecule has 0 aromatic heterocycles. The van der Waals surface area contributed by atoms with Crippen LogP contribution in [-0.2, 0) is 13.0 Å². The minimum absolute atomic E-state index is 0.0112. The molecule has 0 saturated carbocycles. The Morgan fingerprint density at radius 3 is 2.31 bits per heavy atom. The van der Waals surface area contributed by atoms with Crippen LogP contribution in [0.15, 0.2) is 60.7 Å². The zero-order valence-corrected chi connectivity index (χ0v) is 21.1. The van der Waals surface area contributed by atoms with Gasteiger partial charge in [0, 0.05) is 50.0 Å². The molecule has 1 amide bonds. The van der Waals surface area contributed by atoms with E-state index in [9.17, 15) is 9.90 Å². The normalized spacial score (nSPS) is 17.9. The number of rotatable bonds is 4. The van der Waals surface area contributed by atoms with Crippen molar-refractivity contribution in [2.45, 2.75) is 39.3 Å². The number of benzene rings is 3. The van der Waals surface area contributed by atoms with Crippen molar-refractivity contribution in [1.82, 2.24) is 10.2 Å². The largest absolute Gasteiger partial charge is 0.508 e. The highest BCUT2D eigenvalue weighted by atomic mass is 16.3. The van der Waals surface area contributed by atoms with Gasteiger partial charge in [0.25, 0.3) is 5.91 Å². The maximum Gasteiger partial charge on any atom is 0.251 e. The van der Waals surface area contributed by atoms with Crippen molar-refractivity contribution in [2.75, 3.05) is 31.1 Å². The molecule has 184 valence electrons. The Morgan fingerprint density at radius 2 is 1.56 bits per heavy atom. The summed E-state index contributed by atoms with van der Waals surface area (Å²) >= 11 is 0. The molecule has 36 heavy (non-hydrogen) atoms. The fourth-order valence-electron chi connectivity index (χ4n) is 5.93. The van der Waals surface area contributed by atoms with Gasteiger partial charge in [0.05, 0.1) is 0 Å². The van der Waals surface area contributed by atoms with Gasteiger partial charge in [0.2, 0.25) is 0 Å². The number of hydrogen-bond donors (Lipinski definition) is 2. The lowest BCUT2D eigenvalue weighted by Gasteiger charge is -2.38. The average Bonchev–Trinajstić information content (AvgIpc) is 3.28. The summed E-state index contributed by atoms with van der Waals surface area (Å²) in [6.45, 7) is 9.43. The number of carbonyl (C=O) groups excluding carboxylic acids is 1. The molecule has 2 aliphatic heterocycles. The molecule has 2 N–H and O–H groups in total. The number of fused-ring (bicyclic) bond motifs is 2. The number of nitrogens with one attached hydrogen (secondary N) is 1. The highest BCUT2D eigenvalue weighted by Crippen LogP contribution is 2.42. The molecule has 0 bridgehead atoms. The van der Waals surface area contributed by atoms with Crippen LogP contribution in [0.5, 0.6) is 5.75 Å². The number of allylic oxidation sites excluding steroid dienone is 1. The Balaban J connectivity index is 1.39. The number of nitrogens with zero attached hydrogens (tertiary/aromatic N) is 2. The van der Waals surface area contributed by atoms with Crippen LogP contribution in [0, 0.1) is 0 Å². The van der Waals surface area contributed by atoms with Crippen molar-refractivity contribution in [1.29, 1.82) is 0 Å². The molecule has 1 aliphatic carbocycles. The van der Waals surface area contributed by atoms with Gasteiger partial charge < -0.3 is 15.3 Å². The SMILES string of the molecule is CC(C)N1CCN(c2ccc(C3=C(c4ccc5c(c4)C(=O)NC5)CCc4cc(O)ccc43)cc2)CC1. The van der Waals surface area contributed by atoms with E-state index in [0.29, 0.717) is 18.3 Å². The fourth-order valence-corrected chi connectivity index (χ4v) is 5.93. The second-order valence-electron chi connectivity index (χ2n) is 10.4. The van der Waals surface area contributed by atoms with E-state index >= 15 is 0 Å². The second kappa shape index (κ2) is 9.14. The molecule has 1 fully saturated rings. The Labute approximate surface area is 213 Å². The smallest absolute Gasteiger partial charge is 0.251 e. The molecule has 0 radical (unpaired) electrons. The first-order valence-electron chi connectivity index (χ1n) is 13.0. The molecule has 0 unspecified atom stereocenters. The molecule has 5 heteroatoms. The third kappa shape index (κ3) is 4.07. The molecule has 3 aromatic rings. The van der Waals surface area contributed by atoms with Gasteiger partial charge in [-0.2, -0.15) is 0 Å². The number of aromatic hydroxyl groups is 1. The van der Waals surface area contributed by atoms with Crippen LogP contribution >= 0.6 is 0 Å². The van der Waals surface area contributed by atoms with Crippen LogP contribution in [0.25, 0.3) is 11.1 Å². The number of hydrogen-bond acceptors (Lipinski definition) is 4. The van der Waals surface area contributed by atoms with Gasteiger partial charge >= 0.3 is 0 Å². The molecule has 3 aliphatic rings. The van der Waals surface area contributed by atoms with E-state index in [0.717, 1.165) is 61.3 Å². The minimum Gasteiger partial charge on any atom is -0.508 e. The number of piperazine rings is 1. The van der Waals surface area contributed by atoms with Gasteiger partial charge in [-0.25, -0.2) is 0 Å². The molecule has 1 saturated heterocycles. The molecule has 0 spiro atoms. The average molecular weight is 480 g/mol. The lowest BCUT2D eigenvalue weighted by molar-refractivity contribution is 0.0965. The summed E-state index contributed by atoms with van der Waals surface area (Å²) in [6, 6.07) is 21.6. The number of phenols is 1. The number of amides is 1. The first kappa shape index (κ1) is 22.9. The number of carbonyl (C=O) groups is 1. The highest BCUT2D eigenvalue weighted by Gasteiger charge is 2.25. The van der Waals surface area contributed by atoms with Crippen LogP contribution in [-0.4, -0.2) is 48.1 Å². The van der Waals surface area contributed by atoms with E-state index in [4.69, 9.17) is 0 Å². The van der Waals surface area contributed by atoms with Crippen LogP contribution in [0.1, 0.15) is 58.4 Å². The summed E-state index contributed by atoms with van der Waals surface area (Å²) < 4.78 is 0. The highest BCUT2D eigenvalue weighted by molar-refractivity contribution is 6.03. The Morgan fingerprint density at radius 1 is 0.806 bits per heavy atom. The third-order valence-corrected chi connectivity index (χ3v) is 8.01. The summed E-state index contributed by atoms with van der Waals surface area (Å²) in [5, 5.41) is 13.1. The molecular weight excluding hydrogens is 446 g/mol. The van der Waals surface area contributed by atoms with Gasteiger partial charge in [0.15, 0.2) is 0 Å². The van der Waals surface area contributed by atoms with Gasteiger partial charge in [0.1, 0.15) is 5.75 Å². The van der Waals surface area contributed by atoms with Crippen molar-refractivity contribution in [3.63, 3.8) is 0 Å². The van der Waals surface area contributed by atoms with E-state index in [2.05, 4.69) is 71.4 Å². The van der Waals surface area contributed by atoms with Crippen LogP contribution in [0.2, 0.25) is 0 Å². The van der Waals surface area contributed by atoms with E-state index in [1.807, 2.05) is 12.1 Å². The molecule has 5 nitrogen and oxygen atoms in total. The maximum atomic E-state index is 12.4. The second-order valence-corrected chi connectivity index (χ2v) is 10.4. The molecule has 0 atom stereocenters. The van der Waals surface area contributed by atoms with Crippen LogP contribution < -0.4 is 10.2 Å². The number of anilines is 1. The van der Waals surface area contributed by atoms with Gasteiger partial charge in [-0.05, 0) is 96.0 Å². The van der Waals surface area contributed by atoms with Crippen LogP contribution in [0.4, 0.5) is 5.69 Å². The third-order valence-electron chi connectivity index (χ3n) is 8.01. The monoisotopic (exact) mass is 479 g/mol. The summed E-state index contributed by atoms with van der Waals surface area (Å²) in [6.07, 6.45) is 1.73. The Kier molecular flexibility index (Phi) is 5.81. The topological polar surface area (TPSA) is 55.8 Å². The molecule has 6 rings (SSSR count). The standard InChI is InChI=1S/C31H33N3O2/c1-20(2)33-13-15-34(16-14-33)25-8-5-21(6-9-25)30-27(11-7-22-17-26(35)10-12-28(22)30)23-3-4-24-19-32-31(36)29(24)18-23/h3-6,8-10,12,17-18,20,35H,7,11,13-16,19H2,1-2H3,(H,32,36).